The van der Waals surface area contributed by atoms with Gasteiger partial charge in [0.15, 0.2) is 6.33 Å². The van der Waals surface area contributed by atoms with Crippen molar-refractivity contribution in [2.45, 2.75) is 19.1 Å². The number of carboxylic acid groups (broad SMARTS) is 1. The van der Waals surface area contributed by atoms with Crippen molar-refractivity contribution in [2.24, 2.45) is 0 Å². The van der Waals surface area contributed by atoms with Gasteiger partial charge in [-0.3, -0.25) is 0 Å². The SMILES string of the molecule is CC(O)(COc1ccc(C(=O)O)cc1)Cn1ncnn1. The van der Waals surface area contributed by atoms with E-state index < -0.39 is 11.6 Å². The first-order valence-corrected chi connectivity index (χ1v) is 5.86. The van der Waals surface area contributed by atoms with Crippen LogP contribution in [0.25, 0.3) is 0 Å². The highest BCUT2D eigenvalue weighted by atomic mass is 16.5. The van der Waals surface area contributed by atoms with Crippen molar-refractivity contribution in [3.8, 4) is 5.75 Å². The number of rotatable bonds is 6. The zero-order valence-electron chi connectivity index (χ0n) is 10.8. The average Bonchev–Trinajstić information content (AvgIpc) is 2.89. The second-order valence-electron chi connectivity index (χ2n) is 4.58. The minimum absolute atomic E-state index is 0.0148. The third-order valence-electron chi connectivity index (χ3n) is 2.52. The number of benzene rings is 1. The van der Waals surface area contributed by atoms with Gasteiger partial charge in [0.05, 0.1) is 12.1 Å². The average molecular weight is 278 g/mol. The minimum atomic E-state index is -1.17. The Balaban J connectivity index is 1.92. The summed E-state index contributed by atoms with van der Waals surface area (Å²) in [7, 11) is 0. The molecule has 2 rings (SSSR count). The fourth-order valence-corrected chi connectivity index (χ4v) is 1.54. The fraction of sp³-hybridized carbons (Fsp3) is 0.333. The van der Waals surface area contributed by atoms with E-state index in [4.69, 9.17) is 9.84 Å². The highest BCUT2D eigenvalue weighted by Crippen LogP contribution is 2.15. The lowest BCUT2D eigenvalue weighted by atomic mass is 10.1. The zero-order chi connectivity index (χ0) is 14.6. The summed E-state index contributed by atoms with van der Waals surface area (Å²) in [6.07, 6.45) is 1.28. The molecule has 2 aromatic rings. The summed E-state index contributed by atoms with van der Waals surface area (Å²) < 4.78 is 5.42. The molecule has 106 valence electrons. The summed E-state index contributed by atoms with van der Waals surface area (Å²) >= 11 is 0. The number of tetrazole rings is 1. The van der Waals surface area contributed by atoms with Gasteiger partial charge in [0.2, 0.25) is 0 Å². The number of ether oxygens (including phenoxy) is 1. The Kier molecular flexibility index (Phi) is 3.94. The molecule has 1 aromatic heterocycles. The van der Waals surface area contributed by atoms with Crippen molar-refractivity contribution < 1.29 is 19.7 Å². The van der Waals surface area contributed by atoms with E-state index in [-0.39, 0.29) is 18.7 Å². The number of hydrogen-bond acceptors (Lipinski definition) is 6. The molecule has 0 aliphatic heterocycles. The molecule has 0 saturated carbocycles. The Morgan fingerprint density at radius 2 is 2.10 bits per heavy atom. The summed E-state index contributed by atoms with van der Waals surface area (Å²) in [5.41, 5.74) is -0.998. The van der Waals surface area contributed by atoms with Crippen molar-refractivity contribution in [3.63, 3.8) is 0 Å². The van der Waals surface area contributed by atoms with Gasteiger partial charge in [0.1, 0.15) is 18.0 Å². The van der Waals surface area contributed by atoms with Crippen LogP contribution >= 0.6 is 0 Å². The van der Waals surface area contributed by atoms with Gasteiger partial charge in [0, 0.05) is 0 Å². The number of aliphatic hydroxyl groups is 1. The molecule has 0 fully saturated rings. The Morgan fingerprint density at radius 1 is 1.40 bits per heavy atom. The summed E-state index contributed by atoms with van der Waals surface area (Å²) in [5.74, 6) is -0.525. The molecule has 2 N–H and O–H groups in total. The molecule has 0 aliphatic carbocycles. The monoisotopic (exact) mass is 278 g/mol. The van der Waals surface area contributed by atoms with E-state index >= 15 is 0 Å². The normalized spacial score (nSPS) is 13.7. The predicted octanol–water partition coefficient (Wildman–Crippen LogP) is 0.201. The van der Waals surface area contributed by atoms with Crippen LogP contribution in [0.1, 0.15) is 17.3 Å². The fourth-order valence-electron chi connectivity index (χ4n) is 1.54. The molecular formula is C12H14N4O4. The summed E-state index contributed by atoms with van der Waals surface area (Å²) in [5, 5.41) is 29.9. The lowest BCUT2D eigenvalue weighted by molar-refractivity contribution is -0.00909. The van der Waals surface area contributed by atoms with Crippen LogP contribution < -0.4 is 4.74 Å². The van der Waals surface area contributed by atoms with Crippen LogP contribution in [-0.4, -0.2) is 48.6 Å². The van der Waals surface area contributed by atoms with Gasteiger partial charge in [-0.2, -0.15) is 4.80 Å². The molecule has 0 amide bonds. The smallest absolute Gasteiger partial charge is 0.335 e. The third kappa shape index (κ3) is 3.75. The van der Waals surface area contributed by atoms with Gasteiger partial charge in [0.25, 0.3) is 0 Å². The molecule has 8 heteroatoms. The molecule has 0 aliphatic rings. The van der Waals surface area contributed by atoms with Crippen LogP contribution in [0.15, 0.2) is 30.6 Å². The van der Waals surface area contributed by atoms with Gasteiger partial charge in [-0.05, 0) is 36.4 Å². The molecule has 1 heterocycles. The van der Waals surface area contributed by atoms with Gasteiger partial charge >= 0.3 is 5.97 Å². The van der Waals surface area contributed by atoms with Crippen molar-refractivity contribution >= 4 is 5.97 Å². The molecular weight excluding hydrogens is 264 g/mol. The largest absolute Gasteiger partial charge is 0.491 e. The van der Waals surface area contributed by atoms with E-state index in [9.17, 15) is 9.90 Å². The number of hydrogen-bond donors (Lipinski definition) is 2. The maximum atomic E-state index is 10.7. The topological polar surface area (TPSA) is 110 Å². The van der Waals surface area contributed by atoms with Crippen LogP contribution in [0.2, 0.25) is 0 Å². The molecule has 0 radical (unpaired) electrons. The van der Waals surface area contributed by atoms with Crippen LogP contribution in [-0.2, 0) is 6.54 Å². The molecule has 8 nitrogen and oxygen atoms in total. The second kappa shape index (κ2) is 5.66. The van der Waals surface area contributed by atoms with Crippen LogP contribution in [0.5, 0.6) is 5.75 Å². The molecule has 1 atom stereocenters. The Morgan fingerprint density at radius 3 is 2.65 bits per heavy atom. The maximum Gasteiger partial charge on any atom is 0.335 e. The van der Waals surface area contributed by atoms with Gasteiger partial charge in [-0.15, -0.1) is 10.2 Å². The third-order valence-corrected chi connectivity index (χ3v) is 2.52. The summed E-state index contributed by atoms with van der Waals surface area (Å²) in [4.78, 5) is 12.0. The first-order chi connectivity index (χ1) is 9.46. The van der Waals surface area contributed by atoms with Gasteiger partial charge in [-0.1, -0.05) is 0 Å². The Labute approximate surface area is 114 Å². The summed E-state index contributed by atoms with van der Waals surface area (Å²) in [6.45, 7) is 1.74. The first kappa shape index (κ1) is 13.9. The maximum absolute atomic E-state index is 10.7. The van der Waals surface area contributed by atoms with Crippen LogP contribution in [0.4, 0.5) is 0 Å². The van der Waals surface area contributed by atoms with Crippen molar-refractivity contribution in [3.05, 3.63) is 36.2 Å². The molecule has 0 bridgehead atoms. The van der Waals surface area contributed by atoms with E-state index in [1.54, 1.807) is 6.92 Å². The number of carbonyl (C=O) groups is 1. The highest BCUT2D eigenvalue weighted by molar-refractivity contribution is 5.87. The Hall–Kier alpha value is -2.48. The second-order valence-corrected chi connectivity index (χ2v) is 4.58. The predicted molar refractivity (Wildman–Crippen MR) is 67.3 cm³/mol. The standard InChI is InChI=1S/C12H14N4O4/c1-12(19,6-16-14-8-13-15-16)7-20-10-4-2-9(3-5-10)11(17)18/h2-5,8,19H,6-7H2,1H3,(H,17,18). The molecule has 0 spiro atoms. The number of aromatic nitrogens is 4. The van der Waals surface area contributed by atoms with E-state index in [0.717, 1.165) is 0 Å². The van der Waals surface area contributed by atoms with Crippen molar-refractivity contribution in [1.29, 1.82) is 0 Å². The Bertz CT molecular complexity index is 566. The van der Waals surface area contributed by atoms with Crippen LogP contribution in [0.3, 0.4) is 0 Å². The molecule has 1 unspecified atom stereocenters. The lowest BCUT2D eigenvalue weighted by Crippen LogP contribution is -2.38. The molecule has 0 saturated heterocycles. The van der Waals surface area contributed by atoms with E-state index in [0.29, 0.717) is 5.75 Å². The first-order valence-electron chi connectivity index (χ1n) is 5.86. The van der Waals surface area contributed by atoms with E-state index in [2.05, 4.69) is 15.4 Å². The van der Waals surface area contributed by atoms with E-state index in [1.807, 2.05) is 0 Å². The molecule has 20 heavy (non-hydrogen) atoms. The highest BCUT2D eigenvalue weighted by Gasteiger charge is 2.23. The lowest BCUT2D eigenvalue weighted by Gasteiger charge is -2.22. The quantitative estimate of drug-likeness (QED) is 0.776. The number of aromatic carboxylic acids is 1. The minimum Gasteiger partial charge on any atom is -0.491 e. The van der Waals surface area contributed by atoms with Gasteiger partial charge in [-0.25, -0.2) is 4.79 Å². The number of nitrogens with zero attached hydrogens (tertiary/aromatic N) is 4. The van der Waals surface area contributed by atoms with Crippen LogP contribution in [0, 0.1) is 0 Å². The number of carboxylic acids is 1. The van der Waals surface area contributed by atoms with E-state index in [1.165, 1.54) is 35.4 Å². The summed E-state index contributed by atoms with van der Waals surface area (Å²) in [6, 6.07) is 5.94. The zero-order valence-corrected chi connectivity index (χ0v) is 10.8. The van der Waals surface area contributed by atoms with Crippen molar-refractivity contribution in [1.82, 2.24) is 20.2 Å². The van der Waals surface area contributed by atoms with Gasteiger partial charge < -0.3 is 14.9 Å². The molecule has 1 aromatic carbocycles. The van der Waals surface area contributed by atoms with Crippen molar-refractivity contribution in [2.75, 3.05) is 6.61 Å².